The maximum absolute atomic E-state index is 12.5. The molecule has 6 nitrogen and oxygen atoms in total. The first-order valence-corrected chi connectivity index (χ1v) is 8.00. The molecule has 1 aliphatic heterocycles. The van der Waals surface area contributed by atoms with E-state index in [1.165, 1.54) is 5.01 Å². The molecule has 2 aromatic rings. The molecule has 0 bridgehead atoms. The van der Waals surface area contributed by atoms with E-state index < -0.39 is 0 Å². The van der Waals surface area contributed by atoms with Gasteiger partial charge >= 0.3 is 0 Å². The molecular formula is C19H19N3O3. The minimum Gasteiger partial charge on any atom is -0.495 e. The lowest BCUT2D eigenvalue weighted by molar-refractivity contribution is -0.118. The van der Waals surface area contributed by atoms with Crippen LogP contribution < -0.4 is 15.1 Å². The van der Waals surface area contributed by atoms with Crippen molar-refractivity contribution in [1.29, 1.82) is 0 Å². The van der Waals surface area contributed by atoms with Crippen LogP contribution >= 0.6 is 0 Å². The van der Waals surface area contributed by atoms with E-state index in [0.717, 1.165) is 5.56 Å². The first kappa shape index (κ1) is 16.7. The van der Waals surface area contributed by atoms with Gasteiger partial charge in [-0.05, 0) is 31.2 Å². The van der Waals surface area contributed by atoms with E-state index in [-0.39, 0.29) is 18.2 Å². The second kappa shape index (κ2) is 7.17. The van der Waals surface area contributed by atoms with Crippen LogP contribution in [0.4, 0.5) is 11.4 Å². The molecule has 0 aromatic heterocycles. The summed E-state index contributed by atoms with van der Waals surface area (Å²) in [4.78, 5) is 24.7. The number of carbonyl (C=O) groups excluding carboxylic acids is 2. The molecule has 0 radical (unpaired) electrons. The standard InChI is InChI=1S/C19H19N3O3/c1-13-7-9-14(10-8-13)22-18(23)12-11-16(21-22)19(24)20-15-5-3-4-6-17(15)25-2/h3-10H,11-12H2,1-2H3,(H,20,24). The lowest BCUT2D eigenvalue weighted by atomic mass is 10.1. The molecule has 0 spiro atoms. The maximum atomic E-state index is 12.5. The Morgan fingerprint density at radius 1 is 1.12 bits per heavy atom. The highest BCUT2D eigenvalue weighted by molar-refractivity contribution is 6.44. The van der Waals surface area contributed by atoms with Crippen molar-refractivity contribution in [3.05, 3.63) is 54.1 Å². The van der Waals surface area contributed by atoms with Crippen molar-refractivity contribution in [3.63, 3.8) is 0 Å². The minimum absolute atomic E-state index is 0.127. The van der Waals surface area contributed by atoms with Crippen LogP contribution in [0.1, 0.15) is 18.4 Å². The molecule has 1 aliphatic rings. The van der Waals surface area contributed by atoms with Gasteiger partial charge in [-0.3, -0.25) is 9.59 Å². The molecule has 0 aliphatic carbocycles. The second-order valence-electron chi connectivity index (χ2n) is 5.74. The number of amides is 2. The van der Waals surface area contributed by atoms with Gasteiger partial charge < -0.3 is 10.1 Å². The summed E-state index contributed by atoms with van der Waals surface area (Å²) in [6.45, 7) is 1.97. The monoisotopic (exact) mass is 337 g/mol. The number of para-hydroxylation sites is 2. The average Bonchev–Trinajstić information content (AvgIpc) is 2.63. The topological polar surface area (TPSA) is 71.0 Å². The van der Waals surface area contributed by atoms with E-state index in [2.05, 4.69) is 10.4 Å². The number of benzene rings is 2. The van der Waals surface area contributed by atoms with Crippen molar-refractivity contribution in [3.8, 4) is 5.75 Å². The quantitative estimate of drug-likeness (QED) is 0.932. The molecule has 0 unspecified atom stereocenters. The molecule has 0 atom stereocenters. The predicted octanol–water partition coefficient (Wildman–Crippen LogP) is 3.13. The highest BCUT2D eigenvalue weighted by atomic mass is 16.5. The Kier molecular flexibility index (Phi) is 4.79. The van der Waals surface area contributed by atoms with Crippen molar-refractivity contribution >= 4 is 28.9 Å². The molecule has 0 fully saturated rings. The van der Waals surface area contributed by atoms with Gasteiger partial charge in [-0.25, -0.2) is 5.01 Å². The molecular weight excluding hydrogens is 318 g/mol. The Labute approximate surface area is 146 Å². The number of aryl methyl sites for hydroxylation is 1. The Balaban J connectivity index is 1.83. The number of rotatable bonds is 4. The van der Waals surface area contributed by atoms with Crippen molar-refractivity contribution in [2.75, 3.05) is 17.4 Å². The Morgan fingerprint density at radius 2 is 1.84 bits per heavy atom. The number of nitrogens with one attached hydrogen (secondary N) is 1. The van der Waals surface area contributed by atoms with Crippen molar-refractivity contribution < 1.29 is 14.3 Å². The van der Waals surface area contributed by atoms with Gasteiger partial charge in [0.15, 0.2) is 0 Å². The Bertz CT molecular complexity index is 828. The minimum atomic E-state index is -0.339. The third-order valence-corrected chi connectivity index (χ3v) is 3.93. The van der Waals surface area contributed by atoms with Crippen LogP contribution in [0.25, 0.3) is 0 Å². The van der Waals surface area contributed by atoms with E-state index in [1.54, 1.807) is 19.2 Å². The molecule has 25 heavy (non-hydrogen) atoms. The SMILES string of the molecule is COc1ccccc1NC(=O)C1=NN(c2ccc(C)cc2)C(=O)CC1. The van der Waals surface area contributed by atoms with Gasteiger partial charge in [0.05, 0.1) is 18.5 Å². The fourth-order valence-electron chi connectivity index (χ4n) is 2.55. The smallest absolute Gasteiger partial charge is 0.271 e. The molecule has 3 rings (SSSR count). The Morgan fingerprint density at radius 3 is 2.56 bits per heavy atom. The van der Waals surface area contributed by atoms with E-state index in [4.69, 9.17) is 4.74 Å². The van der Waals surface area contributed by atoms with Crippen LogP contribution in [-0.2, 0) is 9.59 Å². The summed E-state index contributed by atoms with van der Waals surface area (Å²) in [6, 6.07) is 14.6. The lowest BCUT2D eigenvalue weighted by Crippen LogP contribution is -2.36. The zero-order valence-electron chi connectivity index (χ0n) is 14.2. The largest absolute Gasteiger partial charge is 0.495 e. The van der Waals surface area contributed by atoms with Gasteiger partial charge in [0.25, 0.3) is 5.91 Å². The van der Waals surface area contributed by atoms with Crippen LogP contribution in [0.3, 0.4) is 0 Å². The lowest BCUT2D eigenvalue weighted by Gasteiger charge is -2.23. The van der Waals surface area contributed by atoms with Gasteiger partial charge in [-0.1, -0.05) is 29.8 Å². The van der Waals surface area contributed by atoms with Crippen molar-refractivity contribution in [2.24, 2.45) is 5.10 Å². The van der Waals surface area contributed by atoms with Crippen LogP contribution in [0, 0.1) is 6.92 Å². The molecule has 2 amide bonds. The number of hydrogen-bond acceptors (Lipinski definition) is 4. The predicted molar refractivity (Wildman–Crippen MR) is 97.0 cm³/mol. The van der Waals surface area contributed by atoms with Gasteiger partial charge in [-0.2, -0.15) is 5.10 Å². The zero-order chi connectivity index (χ0) is 17.8. The van der Waals surface area contributed by atoms with Crippen LogP contribution in [0.5, 0.6) is 5.75 Å². The van der Waals surface area contributed by atoms with Crippen molar-refractivity contribution in [1.82, 2.24) is 0 Å². The third kappa shape index (κ3) is 3.68. The van der Waals surface area contributed by atoms with Crippen molar-refractivity contribution in [2.45, 2.75) is 19.8 Å². The first-order chi connectivity index (χ1) is 12.1. The van der Waals surface area contributed by atoms with E-state index in [0.29, 0.717) is 29.3 Å². The van der Waals surface area contributed by atoms with Crippen LogP contribution in [0.2, 0.25) is 0 Å². The second-order valence-corrected chi connectivity index (χ2v) is 5.74. The fourth-order valence-corrected chi connectivity index (χ4v) is 2.55. The molecule has 128 valence electrons. The first-order valence-electron chi connectivity index (χ1n) is 8.00. The summed E-state index contributed by atoms with van der Waals surface area (Å²) < 4.78 is 5.23. The normalized spacial score (nSPS) is 14.1. The Hall–Kier alpha value is -3.15. The summed E-state index contributed by atoms with van der Waals surface area (Å²) in [5, 5.41) is 8.35. The molecule has 0 saturated heterocycles. The summed E-state index contributed by atoms with van der Waals surface area (Å²) >= 11 is 0. The maximum Gasteiger partial charge on any atom is 0.271 e. The number of methoxy groups -OCH3 is 1. The highest BCUT2D eigenvalue weighted by Crippen LogP contribution is 2.24. The average molecular weight is 337 g/mol. The number of nitrogens with zero attached hydrogens (tertiary/aromatic N) is 2. The highest BCUT2D eigenvalue weighted by Gasteiger charge is 2.26. The van der Waals surface area contributed by atoms with E-state index in [9.17, 15) is 9.59 Å². The number of hydrogen-bond donors (Lipinski definition) is 1. The number of carbonyl (C=O) groups is 2. The van der Waals surface area contributed by atoms with E-state index in [1.807, 2.05) is 43.3 Å². The van der Waals surface area contributed by atoms with Crippen LogP contribution in [0.15, 0.2) is 53.6 Å². The van der Waals surface area contributed by atoms with Gasteiger partial charge in [0, 0.05) is 12.8 Å². The summed E-state index contributed by atoms with van der Waals surface area (Å²) in [6.07, 6.45) is 0.550. The molecule has 1 N–H and O–H groups in total. The molecule has 1 heterocycles. The molecule has 2 aromatic carbocycles. The molecule has 6 heteroatoms. The zero-order valence-corrected chi connectivity index (χ0v) is 14.2. The van der Waals surface area contributed by atoms with Crippen LogP contribution in [-0.4, -0.2) is 24.6 Å². The number of ether oxygens (including phenoxy) is 1. The molecule has 0 saturated carbocycles. The number of hydrazone groups is 1. The summed E-state index contributed by atoms with van der Waals surface area (Å²) in [7, 11) is 1.54. The van der Waals surface area contributed by atoms with E-state index >= 15 is 0 Å². The van der Waals surface area contributed by atoms with Gasteiger partial charge in [0.1, 0.15) is 11.5 Å². The number of anilines is 2. The summed E-state index contributed by atoms with van der Waals surface area (Å²) in [5.41, 5.74) is 2.62. The third-order valence-electron chi connectivity index (χ3n) is 3.93. The summed E-state index contributed by atoms with van der Waals surface area (Å²) in [5.74, 6) is 0.102. The van der Waals surface area contributed by atoms with Gasteiger partial charge in [0.2, 0.25) is 5.91 Å². The fraction of sp³-hybridized carbons (Fsp3) is 0.211. The van der Waals surface area contributed by atoms with Gasteiger partial charge in [-0.15, -0.1) is 0 Å².